The van der Waals surface area contributed by atoms with E-state index < -0.39 is 0 Å². The van der Waals surface area contributed by atoms with Crippen LogP contribution in [0.2, 0.25) is 0 Å². The molecule has 2 N–H and O–H groups in total. The zero-order valence-electron chi connectivity index (χ0n) is 16.7. The summed E-state index contributed by atoms with van der Waals surface area (Å²) in [6, 6.07) is 16.1. The lowest BCUT2D eigenvalue weighted by Crippen LogP contribution is -2.56. The molecule has 2 aromatic rings. The van der Waals surface area contributed by atoms with Gasteiger partial charge in [-0.3, -0.25) is 10.3 Å². The minimum absolute atomic E-state index is 0.00372. The number of hydrogen-bond donors (Lipinski definition) is 2. The van der Waals surface area contributed by atoms with Crippen molar-refractivity contribution in [2.75, 3.05) is 26.7 Å². The maximum Gasteiger partial charge on any atom is 0.162 e. The topological polar surface area (TPSA) is 57.1 Å². The number of piperidine rings is 1. The summed E-state index contributed by atoms with van der Waals surface area (Å²) in [7, 11) is 1.59. The molecular weight excluding hydrogens is 350 g/mol. The highest BCUT2D eigenvalue weighted by Gasteiger charge is 2.40. The molecule has 0 radical (unpaired) electrons. The fourth-order valence-corrected chi connectivity index (χ4v) is 4.39. The summed E-state index contributed by atoms with van der Waals surface area (Å²) in [5.74, 6) is 0.732. The molecule has 0 amide bonds. The van der Waals surface area contributed by atoms with Gasteiger partial charge in [-0.1, -0.05) is 49.4 Å². The zero-order valence-corrected chi connectivity index (χ0v) is 16.7. The lowest BCUT2D eigenvalue weighted by atomic mass is 9.87. The Balaban J connectivity index is 1.72. The molecule has 2 aromatic carbocycles. The Labute approximate surface area is 167 Å². The van der Waals surface area contributed by atoms with Crippen molar-refractivity contribution in [2.24, 2.45) is 4.99 Å². The first kappa shape index (κ1) is 19.0. The number of nitrogens with zero attached hydrogens (tertiary/aromatic N) is 2. The molecule has 28 heavy (non-hydrogen) atoms. The van der Waals surface area contributed by atoms with E-state index in [0.717, 1.165) is 55.7 Å². The second-order valence-corrected chi connectivity index (χ2v) is 7.69. The summed E-state index contributed by atoms with van der Waals surface area (Å²) in [6.45, 7) is 5.35. The third-order valence-corrected chi connectivity index (χ3v) is 6.05. The number of ether oxygens (including phenoxy) is 1. The normalized spacial score (nSPS) is 22.1. The first-order valence-corrected chi connectivity index (χ1v) is 10.1. The van der Waals surface area contributed by atoms with Crippen molar-refractivity contribution in [1.29, 1.82) is 0 Å². The van der Waals surface area contributed by atoms with Crippen LogP contribution in [0, 0.1) is 0 Å². The highest BCUT2D eigenvalue weighted by Crippen LogP contribution is 2.40. The van der Waals surface area contributed by atoms with E-state index in [1.807, 2.05) is 18.2 Å². The smallest absolute Gasteiger partial charge is 0.162 e. The number of aliphatic imine (C=N–C) groups is 1. The summed E-state index contributed by atoms with van der Waals surface area (Å²) >= 11 is 0. The lowest BCUT2D eigenvalue weighted by Gasteiger charge is -2.45. The number of para-hydroxylation sites is 1. The number of likely N-dealkylation sites (tertiary alicyclic amines) is 1. The van der Waals surface area contributed by atoms with Crippen molar-refractivity contribution in [1.82, 2.24) is 10.2 Å². The predicted octanol–water partition coefficient (Wildman–Crippen LogP) is 3.74. The fraction of sp³-hybridized carbons (Fsp3) is 0.435. The van der Waals surface area contributed by atoms with Crippen molar-refractivity contribution in [3.05, 3.63) is 59.7 Å². The van der Waals surface area contributed by atoms with Crippen molar-refractivity contribution in [2.45, 2.75) is 37.9 Å². The lowest BCUT2D eigenvalue weighted by molar-refractivity contribution is 0.129. The Hall–Kier alpha value is -2.37. The third kappa shape index (κ3) is 3.64. The average Bonchev–Trinajstić information content (AvgIpc) is 2.75. The number of phenolic OH excluding ortho intramolecular Hbond substituents is 1. The third-order valence-electron chi connectivity index (χ3n) is 6.05. The standard InChI is InChI=1S/C23H29N3O2/c1-3-26-14-12-23(13-15-26)24-19(17-8-5-4-6-9-17)16-20(25-23)18-10-7-11-21(28-2)22(18)27/h4-11,20,25,27H,3,12-16H2,1-2H3/t20-/m0/s1. The Kier molecular flexibility index (Phi) is 5.38. The second kappa shape index (κ2) is 7.94. The van der Waals surface area contributed by atoms with Crippen LogP contribution < -0.4 is 10.1 Å². The number of hydrogen-bond acceptors (Lipinski definition) is 5. The molecule has 2 aliphatic heterocycles. The van der Waals surface area contributed by atoms with Gasteiger partial charge >= 0.3 is 0 Å². The maximum absolute atomic E-state index is 10.8. The summed E-state index contributed by atoms with van der Waals surface area (Å²) in [4.78, 5) is 7.70. The number of methoxy groups -OCH3 is 1. The van der Waals surface area contributed by atoms with E-state index in [-0.39, 0.29) is 17.5 Å². The molecular formula is C23H29N3O2. The number of rotatable bonds is 4. The Morgan fingerprint density at radius 3 is 2.57 bits per heavy atom. The molecule has 1 atom stereocenters. The first-order valence-electron chi connectivity index (χ1n) is 10.1. The highest BCUT2D eigenvalue weighted by molar-refractivity contribution is 6.01. The van der Waals surface area contributed by atoms with E-state index >= 15 is 0 Å². The minimum Gasteiger partial charge on any atom is -0.504 e. The summed E-state index contributed by atoms with van der Waals surface area (Å²) in [5.41, 5.74) is 2.86. The van der Waals surface area contributed by atoms with E-state index in [9.17, 15) is 5.11 Å². The van der Waals surface area contributed by atoms with Crippen LogP contribution in [0.15, 0.2) is 53.5 Å². The molecule has 0 saturated carbocycles. The quantitative estimate of drug-likeness (QED) is 0.850. The van der Waals surface area contributed by atoms with Gasteiger partial charge in [-0.2, -0.15) is 0 Å². The van der Waals surface area contributed by atoms with Gasteiger partial charge in [0.15, 0.2) is 11.5 Å². The van der Waals surface area contributed by atoms with E-state index in [0.29, 0.717) is 5.75 Å². The van der Waals surface area contributed by atoms with E-state index in [1.54, 1.807) is 13.2 Å². The molecule has 0 unspecified atom stereocenters. The van der Waals surface area contributed by atoms with Crippen LogP contribution in [0.25, 0.3) is 0 Å². The molecule has 5 nitrogen and oxygen atoms in total. The molecule has 2 heterocycles. The zero-order chi connectivity index (χ0) is 19.6. The molecule has 5 heteroatoms. The highest BCUT2D eigenvalue weighted by atomic mass is 16.5. The van der Waals surface area contributed by atoms with Crippen molar-refractivity contribution in [3.8, 4) is 11.5 Å². The van der Waals surface area contributed by atoms with Gasteiger partial charge in [0.05, 0.1) is 7.11 Å². The van der Waals surface area contributed by atoms with Crippen LogP contribution >= 0.6 is 0 Å². The van der Waals surface area contributed by atoms with E-state index in [4.69, 9.17) is 9.73 Å². The fourth-order valence-electron chi connectivity index (χ4n) is 4.39. The van der Waals surface area contributed by atoms with Crippen molar-refractivity contribution < 1.29 is 9.84 Å². The summed E-state index contributed by atoms with van der Waals surface area (Å²) in [6.07, 6.45) is 2.68. The molecule has 1 spiro atoms. The number of nitrogens with one attached hydrogen (secondary N) is 1. The van der Waals surface area contributed by atoms with Gasteiger partial charge in [0.2, 0.25) is 0 Å². The first-order chi connectivity index (χ1) is 13.6. The van der Waals surface area contributed by atoms with Crippen molar-refractivity contribution >= 4 is 5.71 Å². The van der Waals surface area contributed by atoms with Gasteiger partial charge in [0.25, 0.3) is 0 Å². The number of benzene rings is 2. The summed E-state index contributed by atoms with van der Waals surface area (Å²) in [5, 5.41) is 14.5. The van der Waals surface area contributed by atoms with Gasteiger partial charge in [-0.05, 0) is 31.0 Å². The van der Waals surface area contributed by atoms with Crippen molar-refractivity contribution in [3.63, 3.8) is 0 Å². The van der Waals surface area contributed by atoms with Crippen LogP contribution in [0.3, 0.4) is 0 Å². The maximum atomic E-state index is 10.8. The second-order valence-electron chi connectivity index (χ2n) is 7.69. The van der Waals surface area contributed by atoms with E-state index in [1.165, 1.54) is 0 Å². The van der Waals surface area contributed by atoms with Gasteiger partial charge in [0, 0.05) is 36.8 Å². The van der Waals surface area contributed by atoms with E-state index in [2.05, 4.69) is 41.4 Å². The average molecular weight is 380 g/mol. The van der Waals surface area contributed by atoms with Crippen LogP contribution in [0.5, 0.6) is 11.5 Å². The molecule has 2 aliphatic rings. The van der Waals surface area contributed by atoms with Crippen LogP contribution in [0.4, 0.5) is 0 Å². The molecule has 4 rings (SSSR count). The number of aromatic hydroxyl groups is 1. The molecule has 0 bridgehead atoms. The van der Waals surface area contributed by atoms with Gasteiger partial charge in [0.1, 0.15) is 5.66 Å². The summed E-state index contributed by atoms with van der Waals surface area (Å²) < 4.78 is 5.34. The molecule has 0 aromatic heterocycles. The Bertz CT molecular complexity index is 842. The van der Waals surface area contributed by atoms with Crippen LogP contribution in [0.1, 0.15) is 43.4 Å². The molecule has 1 saturated heterocycles. The Morgan fingerprint density at radius 2 is 1.89 bits per heavy atom. The minimum atomic E-state index is -0.282. The molecule has 1 fully saturated rings. The monoisotopic (exact) mass is 379 g/mol. The molecule has 0 aliphatic carbocycles. The number of phenols is 1. The predicted molar refractivity (Wildman–Crippen MR) is 112 cm³/mol. The van der Waals surface area contributed by atoms with Crippen LogP contribution in [-0.4, -0.2) is 48.1 Å². The Morgan fingerprint density at radius 1 is 1.14 bits per heavy atom. The molecule has 148 valence electrons. The van der Waals surface area contributed by atoms with Gasteiger partial charge in [-0.15, -0.1) is 0 Å². The van der Waals surface area contributed by atoms with Gasteiger partial charge in [-0.25, -0.2) is 0 Å². The van der Waals surface area contributed by atoms with Crippen LogP contribution in [-0.2, 0) is 0 Å². The largest absolute Gasteiger partial charge is 0.504 e. The SMILES string of the molecule is CCN1CCC2(CC1)N=C(c1ccccc1)C[C@@H](c1cccc(OC)c1O)N2. The van der Waals surface area contributed by atoms with Gasteiger partial charge < -0.3 is 14.7 Å².